The molecule has 0 spiro atoms. The number of carbonyl (C=O) groups excluding carboxylic acids is 1. The lowest BCUT2D eigenvalue weighted by atomic mass is 9.43. The van der Waals surface area contributed by atoms with Crippen LogP contribution in [0.4, 0.5) is 0 Å². The average molecular weight is 586 g/mol. The highest BCUT2D eigenvalue weighted by Crippen LogP contribution is 2.68. The summed E-state index contributed by atoms with van der Waals surface area (Å²) in [5.41, 5.74) is 0.492. The number of hydrogen-bond acceptors (Lipinski definition) is 4. The first-order chi connectivity index (χ1) is 19.4. The Hall–Kier alpha value is -1.14. The SMILES string of the molecule is CC(CCC(=O)N1CCC(O)(c2ccc(Cl)cc2)CC1)C1CCC2C3C(O)CC4CC(O)CCC4(C)C3CCC12C. The van der Waals surface area contributed by atoms with Gasteiger partial charge in [0, 0.05) is 24.5 Å². The van der Waals surface area contributed by atoms with E-state index in [1.165, 1.54) is 25.7 Å². The van der Waals surface area contributed by atoms with Gasteiger partial charge in [0.15, 0.2) is 0 Å². The Kier molecular flexibility index (Phi) is 8.09. The summed E-state index contributed by atoms with van der Waals surface area (Å²) < 4.78 is 0. The summed E-state index contributed by atoms with van der Waals surface area (Å²) >= 11 is 6.03. The summed E-state index contributed by atoms with van der Waals surface area (Å²) in [5.74, 6) is 3.28. The second kappa shape index (κ2) is 11.1. The molecule has 4 saturated carbocycles. The van der Waals surface area contributed by atoms with Gasteiger partial charge in [-0.25, -0.2) is 0 Å². The Morgan fingerprint density at radius 3 is 2.32 bits per heavy atom. The summed E-state index contributed by atoms with van der Waals surface area (Å²) in [4.78, 5) is 15.2. The van der Waals surface area contributed by atoms with Gasteiger partial charge in [0.1, 0.15) is 0 Å². The number of aliphatic hydroxyl groups excluding tert-OH is 2. The molecule has 1 aromatic carbocycles. The summed E-state index contributed by atoms with van der Waals surface area (Å²) in [6.45, 7) is 8.54. The van der Waals surface area contributed by atoms with Crippen molar-refractivity contribution in [3.63, 3.8) is 0 Å². The van der Waals surface area contributed by atoms with E-state index in [1.807, 2.05) is 29.2 Å². The molecular formula is C35H52ClNO4. The summed E-state index contributed by atoms with van der Waals surface area (Å²) in [6.07, 6.45) is 10.8. The summed E-state index contributed by atoms with van der Waals surface area (Å²) in [5, 5.41) is 33.8. The number of hydrogen-bond donors (Lipinski definition) is 3. The number of aliphatic hydroxyl groups is 3. The van der Waals surface area contributed by atoms with Crippen molar-refractivity contribution in [1.82, 2.24) is 4.90 Å². The van der Waals surface area contributed by atoms with E-state index in [2.05, 4.69) is 20.8 Å². The van der Waals surface area contributed by atoms with E-state index in [-0.39, 0.29) is 28.9 Å². The molecule has 6 heteroatoms. The molecule has 1 saturated heterocycles. The second-order valence-electron chi connectivity index (χ2n) is 15.4. The van der Waals surface area contributed by atoms with Crippen LogP contribution in [0.1, 0.15) is 103 Å². The fourth-order valence-corrected chi connectivity index (χ4v) is 11.2. The van der Waals surface area contributed by atoms with E-state index in [0.29, 0.717) is 72.9 Å². The average Bonchev–Trinajstić information content (AvgIpc) is 3.30. The predicted molar refractivity (Wildman–Crippen MR) is 162 cm³/mol. The van der Waals surface area contributed by atoms with Crippen LogP contribution in [-0.4, -0.2) is 51.4 Å². The summed E-state index contributed by atoms with van der Waals surface area (Å²) in [7, 11) is 0. The molecule has 0 radical (unpaired) electrons. The minimum absolute atomic E-state index is 0.190. The minimum Gasteiger partial charge on any atom is -0.393 e. The smallest absolute Gasteiger partial charge is 0.222 e. The van der Waals surface area contributed by atoms with Crippen molar-refractivity contribution < 1.29 is 20.1 Å². The number of piperidine rings is 1. The van der Waals surface area contributed by atoms with E-state index in [4.69, 9.17) is 11.6 Å². The summed E-state index contributed by atoms with van der Waals surface area (Å²) in [6, 6.07) is 7.44. The molecule has 5 fully saturated rings. The number of benzene rings is 1. The molecule has 4 aliphatic carbocycles. The molecule has 0 bridgehead atoms. The Balaban J connectivity index is 1.05. The molecule has 6 rings (SSSR count). The monoisotopic (exact) mass is 585 g/mol. The minimum atomic E-state index is -0.890. The van der Waals surface area contributed by atoms with Crippen LogP contribution in [-0.2, 0) is 10.4 Å². The largest absolute Gasteiger partial charge is 0.393 e. The first-order valence-corrected chi connectivity index (χ1v) is 16.9. The molecule has 3 N–H and O–H groups in total. The van der Waals surface area contributed by atoms with Crippen LogP contribution in [0.2, 0.25) is 5.02 Å². The van der Waals surface area contributed by atoms with Crippen molar-refractivity contribution in [3.8, 4) is 0 Å². The molecule has 1 aromatic rings. The van der Waals surface area contributed by atoms with Crippen LogP contribution in [0.5, 0.6) is 0 Å². The zero-order valence-electron chi connectivity index (χ0n) is 25.4. The number of halogens is 1. The van der Waals surface area contributed by atoms with Gasteiger partial charge in [-0.05, 0) is 135 Å². The third-order valence-electron chi connectivity index (χ3n) is 13.6. The standard InChI is InChI=1S/C35H52ClNO4/c1-22(4-11-31(40)37-18-16-35(41,17-19-37)23-5-7-25(36)8-6-23)27-9-10-28-32-29(13-15-34(27,28)3)33(2)14-12-26(38)20-24(33)21-30(32)39/h5-8,22,24,26-30,32,38-39,41H,4,9-21H2,1-3H3. The lowest BCUT2D eigenvalue weighted by molar-refractivity contribution is -0.174. The van der Waals surface area contributed by atoms with Crippen molar-refractivity contribution in [3.05, 3.63) is 34.9 Å². The van der Waals surface area contributed by atoms with Gasteiger partial charge in [-0.15, -0.1) is 0 Å². The molecule has 5 nitrogen and oxygen atoms in total. The molecule has 228 valence electrons. The quantitative estimate of drug-likeness (QED) is 0.366. The maximum atomic E-state index is 13.3. The van der Waals surface area contributed by atoms with Gasteiger partial charge in [-0.1, -0.05) is 44.5 Å². The topological polar surface area (TPSA) is 81.0 Å². The van der Waals surface area contributed by atoms with Crippen molar-refractivity contribution in [2.75, 3.05) is 13.1 Å². The maximum absolute atomic E-state index is 13.3. The van der Waals surface area contributed by atoms with Gasteiger partial charge < -0.3 is 20.2 Å². The van der Waals surface area contributed by atoms with Gasteiger partial charge in [-0.3, -0.25) is 4.79 Å². The highest BCUT2D eigenvalue weighted by atomic mass is 35.5. The molecule has 5 aliphatic rings. The van der Waals surface area contributed by atoms with E-state index >= 15 is 0 Å². The molecule has 1 aliphatic heterocycles. The molecular weight excluding hydrogens is 534 g/mol. The number of amides is 1. The number of carbonyl (C=O) groups is 1. The number of likely N-dealkylation sites (tertiary alicyclic amines) is 1. The van der Waals surface area contributed by atoms with Crippen LogP contribution in [0, 0.1) is 46.3 Å². The van der Waals surface area contributed by atoms with Crippen molar-refractivity contribution in [1.29, 1.82) is 0 Å². The highest BCUT2D eigenvalue weighted by molar-refractivity contribution is 6.30. The molecule has 1 amide bonds. The van der Waals surface area contributed by atoms with E-state index < -0.39 is 5.60 Å². The van der Waals surface area contributed by atoms with Crippen molar-refractivity contribution >= 4 is 17.5 Å². The molecule has 0 aromatic heterocycles. The molecule has 1 heterocycles. The first-order valence-electron chi connectivity index (χ1n) is 16.6. The zero-order chi connectivity index (χ0) is 29.2. The predicted octanol–water partition coefficient (Wildman–Crippen LogP) is 6.56. The van der Waals surface area contributed by atoms with Crippen molar-refractivity contribution in [2.45, 2.75) is 116 Å². The lowest BCUT2D eigenvalue weighted by Crippen LogP contribution is -2.58. The molecule has 10 atom stereocenters. The fraction of sp³-hybridized carbons (Fsp3) is 0.800. The van der Waals surface area contributed by atoms with Crippen molar-refractivity contribution in [2.24, 2.45) is 46.3 Å². The Bertz CT molecular complexity index is 1100. The first kappa shape index (κ1) is 29.9. The van der Waals surface area contributed by atoms with Gasteiger partial charge in [0.05, 0.1) is 17.8 Å². The second-order valence-corrected chi connectivity index (χ2v) is 15.8. The van der Waals surface area contributed by atoms with Crippen LogP contribution >= 0.6 is 11.6 Å². The normalized spacial score (nSPS) is 42.6. The van der Waals surface area contributed by atoms with Gasteiger partial charge in [0.2, 0.25) is 5.91 Å². The Morgan fingerprint density at radius 2 is 1.61 bits per heavy atom. The third-order valence-corrected chi connectivity index (χ3v) is 13.8. The molecule has 41 heavy (non-hydrogen) atoms. The van der Waals surface area contributed by atoms with Crippen LogP contribution in [0.25, 0.3) is 0 Å². The van der Waals surface area contributed by atoms with Gasteiger partial charge >= 0.3 is 0 Å². The van der Waals surface area contributed by atoms with E-state index in [9.17, 15) is 20.1 Å². The molecule has 10 unspecified atom stereocenters. The van der Waals surface area contributed by atoms with E-state index in [0.717, 1.165) is 37.7 Å². The fourth-order valence-electron chi connectivity index (χ4n) is 11.1. The Morgan fingerprint density at radius 1 is 0.951 bits per heavy atom. The Labute approximate surface area is 252 Å². The van der Waals surface area contributed by atoms with Gasteiger partial charge in [0.25, 0.3) is 0 Å². The number of rotatable bonds is 5. The highest BCUT2D eigenvalue weighted by Gasteiger charge is 2.62. The zero-order valence-corrected chi connectivity index (χ0v) is 26.2. The van der Waals surface area contributed by atoms with Gasteiger partial charge in [-0.2, -0.15) is 0 Å². The number of nitrogens with zero attached hydrogens (tertiary/aromatic N) is 1. The van der Waals surface area contributed by atoms with Crippen LogP contribution < -0.4 is 0 Å². The number of fused-ring (bicyclic) bond motifs is 5. The van der Waals surface area contributed by atoms with E-state index in [1.54, 1.807) is 0 Å². The van der Waals surface area contributed by atoms with Crippen LogP contribution in [0.3, 0.4) is 0 Å². The van der Waals surface area contributed by atoms with Crippen LogP contribution in [0.15, 0.2) is 24.3 Å². The maximum Gasteiger partial charge on any atom is 0.222 e. The lowest BCUT2D eigenvalue weighted by Gasteiger charge is -2.62. The third kappa shape index (κ3) is 5.19.